The monoisotopic (exact) mass is 401 g/mol. The van der Waals surface area contributed by atoms with Gasteiger partial charge in [0.05, 0.1) is 18.9 Å². The number of hydrazine groups is 1. The summed E-state index contributed by atoms with van der Waals surface area (Å²) in [5.74, 6) is 4.91. The summed E-state index contributed by atoms with van der Waals surface area (Å²) < 4.78 is 32.9. The van der Waals surface area contributed by atoms with Crippen LogP contribution in [0.1, 0.15) is 28.0 Å². The van der Waals surface area contributed by atoms with Crippen molar-refractivity contribution in [3.63, 3.8) is 0 Å². The molecule has 0 atom stereocenters. The van der Waals surface area contributed by atoms with Crippen LogP contribution in [0, 0.1) is 6.92 Å². The number of pyridine rings is 3. The Morgan fingerprint density at radius 3 is 2.59 bits per heavy atom. The molecule has 0 radical (unpaired) electrons. The predicted molar refractivity (Wildman–Crippen MR) is 101 cm³/mol. The van der Waals surface area contributed by atoms with Gasteiger partial charge in [0, 0.05) is 29.6 Å². The number of alkyl halides is 2. The van der Waals surface area contributed by atoms with Crippen molar-refractivity contribution >= 4 is 5.91 Å². The first kappa shape index (κ1) is 20.1. The van der Waals surface area contributed by atoms with Crippen LogP contribution in [0.5, 0.6) is 5.75 Å². The molecule has 0 aliphatic rings. The van der Waals surface area contributed by atoms with E-state index in [2.05, 4.69) is 9.97 Å². The highest BCUT2D eigenvalue weighted by molar-refractivity contribution is 6.01. The van der Waals surface area contributed by atoms with E-state index < -0.39 is 18.0 Å². The van der Waals surface area contributed by atoms with Gasteiger partial charge in [-0.2, -0.15) is 0 Å². The molecule has 8 nitrogen and oxygen atoms in total. The van der Waals surface area contributed by atoms with Gasteiger partial charge in [0.25, 0.3) is 17.9 Å². The van der Waals surface area contributed by atoms with Crippen molar-refractivity contribution < 1.29 is 18.3 Å². The largest absolute Gasteiger partial charge is 0.494 e. The molecule has 0 unspecified atom stereocenters. The lowest BCUT2D eigenvalue weighted by molar-refractivity contribution is 0.0954. The summed E-state index contributed by atoms with van der Waals surface area (Å²) in [6, 6.07) is 5.68. The third-order valence-electron chi connectivity index (χ3n) is 4.21. The summed E-state index contributed by atoms with van der Waals surface area (Å²) in [6.07, 6.45) is 1.05. The van der Waals surface area contributed by atoms with Gasteiger partial charge < -0.3 is 4.74 Å². The molecule has 3 aromatic rings. The minimum absolute atomic E-state index is 0.0149. The van der Waals surface area contributed by atoms with Crippen molar-refractivity contribution in [3.05, 3.63) is 70.0 Å². The maximum Gasteiger partial charge on any atom is 0.280 e. The number of methoxy groups -OCH3 is 1. The molecule has 0 fully saturated rings. The number of aromatic nitrogens is 3. The van der Waals surface area contributed by atoms with E-state index in [1.807, 2.05) is 5.43 Å². The Balaban J connectivity index is 2.30. The highest BCUT2D eigenvalue weighted by Crippen LogP contribution is 2.35. The molecular formula is C19H17F2N5O3. The topological polar surface area (TPSA) is 112 Å². The molecule has 3 N–H and O–H groups in total. The molecule has 29 heavy (non-hydrogen) atoms. The molecule has 1 amide bonds. The number of nitrogens with one attached hydrogen (secondary N) is 1. The number of carbonyl (C=O) groups is 1. The van der Waals surface area contributed by atoms with E-state index in [-0.39, 0.29) is 33.8 Å². The minimum Gasteiger partial charge on any atom is -0.494 e. The van der Waals surface area contributed by atoms with Gasteiger partial charge in [-0.3, -0.25) is 24.6 Å². The average molecular weight is 401 g/mol. The molecule has 0 aliphatic heterocycles. The molecule has 0 bridgehead atoms. The number of ether oxygens (including phenoxy) is 1. The van der Waals surface area contributed by atoms with E-state index in [1.165, 1.54) is 36.2 Å². The van der Waals surface area contributed by atoms with Crippen LogP contribution >= 0.6 is 0 Å². The number of halogens is 2. The summed E-state index contributed by atoms with van der Waals surface area (Å²) in [6.45, 7) is 1.77. The minimum atomic E-state index is -2.83. The third-order valence-corrected chi connectivity index (χ3v) is 4.21. The second-order valence-electron chi connectivity index (χ2n) is 6.08. The lowest BCUT2D eigenvalue weighted by Gasteiger charge is -2.15. The first-order chi connectivity index (χ1) is 13.8. The number of amides is 1. The van der Waals surface area contributed by atoms with Gasteiger partial charge in [-0.25, -0.2) is 19.6 Å². The average Bonchev–Trinajstić information content (AvgIpc) is 2.72. The van der Waals surface area contributed by atoms with Crippen molar-refractivity contribution in [1.29, 1.82) is 0 Å². The zero-order valence-corrected chi connectivity index (χ0v) is 15.5. The van der Waals surface area contributed by atoms with Crippen LogP contribution in [0.25, 0.3) is 16.9 Å². The molecular weight excluding hydrogens is 384 g/mol. The van der Waals surface area contributed by atoms with Gasteiger partial charge in [-0.1, -0.05) is 0 Å². The van der Waals surface area contributed by atoms with Crippen LogP contribution in [0.15, 0.2) is 47.7 Å². The fraction of sp³-hybridized carbons (Fsp3) is 0.158. The summed E-state index contributed by atoms with van der Waals surface area (Å²) >= 11 is 0. The molecule has 0 aromatic carbocycles. The summed E-state index contributed by atoms with van der Waals surface area (Å²) in [4.78, 5) is 32.4. The van der Waals surface area contributed by atoms with Crippen molar-refractivity contribution in [3.8, 4) is 22.7 Å². The lowest BCUT2D eigenvalue weighted by atomic mass is 10.00. The van der Waals surface area contributed by atoms with Gasteiger partial charge in [0.1, 0.15) is 17.3 Å². The molecule has 150 valence electrons. The smallest absolute Gasteiger partial charge is 0.280 e. The summed E-state index contributed by atoms with van der Waals surface area (Å²) in [7, 11) is 1.35. The van der Waals surface area contributed by atoms with Crippen LogP contribution in [0.3, 0.4) is 0 Å². The number of hydrogen-bond acceptors (Lipinski definition) is 6. The van der Waals surface area contributed by atoms with Crippen molar-refractivity contribution in [2.45, 2.75) is 13.3 Å². The number of carbonyl (C=O) groups excluding carboxylic acids is 1. The molecule has 0 spiro atoms. The molecule has 0 saturated carbocycles. The number of nitrogens with zero attached hydrogens (tertiary/aromatic N) is 3. The fourth-order valence-corrected chi connectivity index (χ4v) is 2.78. The second-order valence-corrected chi connectivity index (χ2v) is 6.08. The molecule has 3 rings (SSSR count). The zero-order valence-electron chi connectivity index (χ0n) is 15.5. The standard InChI is InChI=1S/C19H17F2N5O3/c1-10-3-4-26(17(27)5-10)16-7-11(13(8-24-16)19(28)25-22)12-6-14(18(20)21)23-9-15(12)29-2/h3-9,18H,22H2,1-2H3,(H,25,28). The second kappa shape index (κ2) is 8.15. The van der Waals surface area contributed by atoms with Crippen LogP contribution in [-0.2, 0) is 0 Å². The lowest BCUT2D eigenvalue weighted by Crippen LogP contribution is -2.30. The number of nitrogens with two attached hydrogens (primary N) is 1. The zero-order chi connectivity index (χ0) is 21.1. The van der Waals surface area contributed by atoms with Crippen LogP contribution in [0.4, 0.5) is 8.78 Å². The van der Waals surface area contributed by atoms with Crippen molar-refractivity contribution in [1.82, 2.24) is 20.0 Å². The van der Waals surface area contributed by atoms with Gasteiger partial charge in [-0.15, -0.1) is 0 Å². The van der Waals surface area contributed by atoms with E-state index >= 15 is 0 Å². The quantitative estimate of drug-likeness (QED) is 0.385. The Morgan fingerprint density at radius 2 is 1.97 bits per heavy atom. The summed E-state index contributed by atoms with van der Waals surface area (Å²) in [5.41, 5.74) is 2.32. The molecule has 0 aliphatic carbocycles. The van der Waals surface area contributed by atoms with Gasteiger partial charge in [0.15, 0.2) is 0 Å². The van der Waals surface area contributed by atoms with Crippen molar-refractivity contribution in [2.75, 3.05) is 7.11 Å². The molecule has 0 saturated heterocycles. The Labute approximate surface area is 164 Å². The highest BCUT2D eigenvalue weighted by atomic mass is 19.3. The number of aryl methyl sites for hydroxylation is 1. The highest BCUT2D eigenvalue weighted by Gasteiger charge is 2.20. The number of nitrogen functional groups attached to an aromatic ring is 1. The molecule has 3 heterocycles. The Morgan fingerprint density at radius 1 is 1.21 bits per heavy atom. The van der Waals surface area contributed by atoms with E-state index in [1.54, 1.807) is 13.0 Å². The van der Waals surface area contributed by atoms with E-state index in [0.717, 1.165) is 17.8 Å². The van der Waals surface area contributed by atoms with Crippen LogP contribution in [0.2, 0.25) is 0 Å². The fourth-order valence-electron chi connectivity index (χ4n) is 2.78. The Bertz CT molecular complexity index is 1130. The number of hydrogen-bond donors (Lipinski definition) is 2. The Hall–Kier alpha value is -3.66. The molecule has 10 heteroatoms. The number of rotatable bonds is 5. The maximum atomic E-state index is 13.2. The Kier molecular flexibility index (Phi) is 5.64. The van der Waals surface area contributed by atoms with Gasteiger partial charge in [-0.05, 0) is 30.7 Å². The van der Waals surface area contributed by atoms with Gasteiger partial charge >= 0.3 is 0 Å². The van der Waals surface area contributed by atoms with E-state index in [9.17, 15) is 18.4 Å². The summed E-state index contributed by atoms with van der Waals surface area (Å²) in [5, 5.41) is 0. The maximum absolute atomic E-state index is 13.2. The normalized spacial score (nSPS) is 10.8. The third kappa shape index (κ3) is 3.97. The molecule has 3 aromatic heterocycles. The van der Waals surface area contributed by atoms with Gasteiger partial charge in [0.2, 0.25) is 0 Å². The van der Waals surface area contributed by atoms with E-state index in [4.69, 9.17) is 10.6 Å². The SMILES string of the molecule is COc1cnc(C(F)F)cc1-c1cc(-n2ccc(C)cc2=O)ncc1C(=O)NN. The van der Waals surface area contributed by atoms with Crippen molar-refractivity contribution in [2.24, 2.45) is 5.84 Å². The van der Waals surface area contributed by atoms with E-state index in [0.29, 0.717) is 0 Å². The first-order valence-corrected chi connectivity index (χ1v) is 8.38. The van der Waals surface area contributed by atoms with Crippen LogP contribution < -0.4 is 21.6 Å². The van der Waals surface area contributed by atoms with Crippen LogP contribution in [-0.4, -0.2) is 27.6 Å². The first-order valence-electron chi connectivity index (χ1n) is 8.38. The predicted octanol–water partition coefficient (Wildman–Crippen LogP) is 2.15.